The second kappa shape index (κ2) is 6.90. The van der Waals surface area contributed by atoms with E-state index in [2.05, 4.69) is 42.8 Å². The SMILES string of the molecule is CNc1ncc(Br)c(NCCCSC)n1. The second-order valence-electron chi connectivity index (χ2n) is 2.91. The van der Waals surface area contributed by atoms with Crippen LogP contribution in [0.1, 0.15) is 6.42 Å². The molecule has 0 aliphatic carbocycles. The number of thioether (sulfide) groups is 1. The van der Waals surface area contributed by atoms with E-state index in [9.17, 15) is 0 Å². The summed E-state index contributed by atoms with van der Waals surface area (Å²) in [6.45, 7) is 0.930. The number of aromatic nitrogens is 2. The molecule has 0 saturated carbocycles. The number of hydrogen-bond acceptors (Lipinski definition) is 5. The van der Waals surface area contributed by atoms with Gasteiger partial charge in [0.15, 0.2) is 0 Å². The minimum atomic E-state index is 0.630. The average molecular weight is 291 g/mol. The van der Waals surface area contributed by atoms with E-state index in [1.165, 1.54) is 0 Å². The lowest BCUT2D eigenvalue weighted by molar-refractivity contribution is 0.974. The van der Waals surface area contributed by atoms with Crippen LogP contribution in [-0.4, -0.2) is 35.6 Å². The molecule has 1 heterocycles. The van der Waals surface area contributed by atoms with Crippen LogP contribution in [0, 0.1) is 0 Å². The highest BCUT2D eigenvalue weighted by Gasteiger charge is 2.02. The summed E-state index contributed by atoms with van der Waals surface area (Å²) in [5.41, 5.74) is 0. The van der Waals surface area contributed by atoms with E-state index in [4.69, 9.17) is 0 Å². The Morgan fingerprint density at radius 3 is 3.00 bits per heavy atom. The first-order chi connectivity index (χ1) is 7.27. The van der Waals surface area contributed by atoms with Crippen molar-refractivity contribution in [1.29, 1.82) is 0 Å². The third kappa shape index (κ3) is 4.25. The third-order valence-electron chi connectivity index (χ3n) is 1.79. The minimum absolute atomic E-state index is 0.630. The van der Waals surface area contributed by atoms with Crippen LogP contribution in [0.2, 0.25) is 0 Å². The summed E-state index contributed by atoms with van der Waals surface area (Å²) in [6, 6.07) is 0. The number of nitrogens with one attached hydrogen (secondary N) is 2. The van der Waals surface area contributed by atoms with E-state index in [0.29, 0.717) is 5.95 Å². The normalized spacial score (nSPS) is 10.1. The molecule has 1 aromatic heterocycles. The molecule has 84 valence electrons. The van der Waals surface area contributed by atoms with Gasteiger partial charge in [-0.2, -0.15) is 16.7 Å². The van der Waals surface area contributed by atoms with Crippen LogP contribution < -0.4 is 10.6 Å². The molecular weight excluding hydrogens is 276 g/mol. The van der Waals surface area contributed by atoms with Crippen LogP contribution in [0.3, 0.4) is 0 Å². The van der Waals surface area contributed by atoms with Gasteiger partial charge < -0.3 is 10.6 Å². The first-order valence-electron chi connectivity index (χ1n) is 4.71. The standard InChI is InChI=1S/C9H15BrN4S/c1-11-9-13-6-7(10)8(14-9)12-4-3-5-15-2/h6H,3-5H2,1-2H3,(H2,11,12,13,14). The Bertz CT molecular complexity index is 308. The first kappa shape index (κ1) is 12.6. The molecule has 0 saturated heterocycles. The molecular formula is C9H15BrN4S. The molecule has 0 aliphatic heterocycles. The number of hydrogen-bond donors (Lipinski definition) is 2. The predicted molar refractivity (Wildman–Crippen MR) is 70.8 cm³/mol. The molecule has 0 radical (unpaired) electrons. The highest BCUT2D eigenvalue weighted by Crippen LogP contribution is 2.19. The summed E-state index contributed by atoms with van der Waals surface area (Å²) >= 11 is 5.26. The van der Waals surface area contributed by atoms with Crippen molar-refractivity contribution in [2.45, 2.75) is 6.42 Å². The predicted octanol–water partition coefficient (Wildman–Crippen LogP) is 2.45. The fourth-order valence-electron chi connectivity index (χ4n) is 1.03. The van der Waals surface area contributed by atoms with Crippen LogP contribution in [0.15, 0.2) is 10.7 Å². The van der Waals surface area contributed by atoms with Crippen LogP contribution in [0.25, 0.3) is 0 Å². The van der Waals surface area contributed by atoms with E-state index in [1.54, 1.807) is 13.2 Å². The van der Waals surface area contributed by atoms with Gasteiger partial charge in [-0.05, 0) is 34.4 Å². The van der Waals surface area contributed by atoms with Gasteiger partial charge in [0.25, 0.3) is 0 Å². The van der Waals surface area contributed by atoms with Gasteiger partial charge in [0.2, 0.25) is 5.95 Å². The summed E-state index contributed by atoms with van der Waals surface area (Å²) in [5.74, 6) is 2.63. The van der Waals surface area contributed by atoms with E-state index >= 15 is 0 Å². The third-order valence-corrected chi connectivity index (χ3v) is 3.06. The second-order valence-corrected chi connectivity index (χ2v) is 4.75. The quantitative estimate of drug-likeness (QED) is 0.788. The highest BCUT2D eigenvalue weighted by atomic mass is 79.9. The maximum Gasteiger partial charge on any atom is 0.224 e. The van der Waals surface area contributed by atoms with Crippen LogP contribution in [0.4, 0.5) is 11.8 Å². The maximum atomic E-state index is 4.30. The topological polar surface area (TPSA) is 49.8 Å². The molecule has 2 N–H and O–H groups in total. The fraction of sp³-hybridized carbons (Fsp3) is 0.556. The Morgan fingerprint density at radius 1 is 1.53 bits per heavy atom. The van der Waals surface area contributed by atoms with Crippen molar-refractivity contribution in [3.05, 3.63) is 10.7 Å². The number of anilines is 2. The molecule has 0 spiro atoms. The molecule has 1 rings (SSSR count). The molecule has 0 bridgehead atoms. The monoisotopic (exact) mass is 290 g/mol. The number of nitrogens with zero attached hydrogens (tertiary/aromatic N) is 2. The van der Waals surface area contributed by atoms with Crippen molar-refractivity contribution in [3.63, 3.8) is 0 Å². The van der Waals surface area contributed by atoms with Crippen molar-refractivity contribution in [2.24, 2.45) is 0 Å². The first-order valence-corrected chi connectivity index (χ1v) is 6.89. The van der Waals surface area contributed by atoms with Crippen molar-refractivity contribution in [3.8, 4) is 0 Å². The van der Waals surface area contributed by atoms with E-state index in [1.807, 2.05) is 11.8 Å². The molecule has 0 aromatic carbocycles. The molecule has 15 heavy (non-hydrogen) atoms. The smallest absolute Gasteiger partial charge is 0.224 e. The van der Waals surface area contributed by atoms with E-state index < -0.39 is 0 Å². The Balaban J connectivity index is 2.51. The average Bonchev–Trinajstić information content (AvgIpc) is 2.26. The summed E-state index contributed by atoms with van der Waals surface area (Å²) in [7, 11) is 1.81. The number of halogens is 1. The Labute approximate surface area is 103 Å². The zero-order valence-electron chi connectivity index (χ0n) is 8.88. The summed E-state index contributed by atoms with van der Waals surface area (Å²) in [5, 5.41) is 6.18. The van der Waals surface area contributed by atoms with Crippen LogP contribution in [-0.2, 0) is 0 Å². The van der Waals surface area contributed by atoms with Crippen molar-refractivity contribution in [1.82, 2.24) is 9.97 Å². The van der Waals surface area contributed by atoms with Gasteiger partial charge in [-0.1, -0.05) is 0 Å². The lowest BCUT2D eigenvalue weighted by atomic mass is 10.4. The van der Waals surface area contributed by atoms with E-state index in [0.717, 1.165) is 29.0 Å². The summed E-state index contributed by atoms with van der Waals surface area (Å²) < 4.78 is 0.894. The molecule has 0 atom stereocenters. The van der Waals surface area contributed by atoms with Crippen molar-refractivity contribution in [2.75, 3.05) is 36.2 Å². The highest BCUT2D eigenvalue weighted by molar-refractivity contribution is 9.10. The molecule has 0 aliphatic rings. The molecule has 4 nitrogen and oxygen atoms in total. The lowest BCUT2D eigenvalue weighted by Gasteiger charge is -2.08. The maximum absolute atomic E-state index is 4.30. The molecule has 0 unspecified atom stereocenters. The van der Waals surface area contributed by atoms with Crippen molar-refractivity contribution < 1.29 is 0 Å². The fourth-order valence-corrected chi connectivity index (χ4v) is 1.80. The Kier molecular flexibility index (Phi) is 5.78. The lowest BCUT2D eigenvalue weighted by Crippen LogP contribution is -2.07. The van der Waals surface area contributed by atoms with Gasteiger partial charge in [0.1, 0.15) is 5.82 Å². The number of rotatable bonds is 6. The molecule has 0 fully saturated rings. The van der Waals surface area contributed by atoms with Gasteiger partial charge in [0.05, 0.1) is 4.47 Å². The van der Waals surface area contributed by atoms with Gasteiger partial charge >= 0.3 is 0 Å². The van der Waals surface area contributed by atoms with Crippen LogP contribution >= 0.6 is 27.7 Å². The summed E-state index contributed by atoms with van der Waals surface area (Å²) in [6.07, 6.45) is 4.99. The zero-order valence-corrected chi connectivity index (χ0v) is 11.3. The minimum Gasteiger partial charge on any atom is -0.369 e. The van der Waals surface area contributed by atoms with Gasteiger partial charge in [0, 0.05) is 19.8 Å². The Hall–Kier alpha value is -0.490. The van der Waals surface area contributed by atoms with Gasteiger partial charge in [-0.25, -0.2) is 4.98 Å². The molecule has 0 amide bonds. The van der Waals surface area contributed by atoms with Gasteiger partial charge in [-0.15, -0.1) is 0 Å². The van der Waals surface area contributed by atoms with Crippen LogP contribution in [0.5, 0.6) is 0 Å². The molecule has 1 aromatic rings. The molecule has 6 heteroatoms. The van der Waals surface area contributed by atoms with Gasteiger partial charge in [-0.3, -0.25) is 0 Å². The largest absolute Gasteiger partial charge is 0.369 e. The zero-order chi connectivity index (χ0) is 11.1. The Morgan fingerprint density at radius 2 is 2.33 bits per heavy atom. The van der Waals surface area contributed by atoms with Crippen molar-refractivity contribution >= 4 is 39.5 Å². The summed E-state index contributed by atoms with van der Waals surface area (Å²) in [4.78, 5) is 8.39. The van der Waals surface area contributed by atoms with E-state index in [-0.39, 0.29) is 0 Å².